The number of phenols is 2. The summed E-state index contributed by atoms with van der Waals surface area (Å²) < 4.78 is 0. The quantitative estimate of drug-likeness (QED) is 0.792. The van der Waals surface area contributed by atoms with Crippen molar-refractivity contribution in [3.05, 3.63) is 48.5 Å². The standard InChI is InChI=1S/C12H10O2S.C4H8O2/c13-9-1-5-11(6-2-9)15-12-7-3-10(14)4-8-12;1-2-3-4(5)6/h1-8,13-14H;2-3H2,1H3,(H,5,6). The van der Waals surface area contributed by atoms with Crippen LogP contribution in [0, 0.1) is 0 Å². The highest BCUT2D eigenvalue weighted by Crippen LogP contribution is 2.29. The molecule has 5 heteroatoms. The molecule has 3 N–H and O–H groups in total. The van der Waals surface area contributed by atoms with Gasteiger partial charge >= 0.3 is 5.97 Å². The van der Waals surface area contributed by atoms with E-state index in [9.17, 15) is 4.79 Å². The van der Waals surface area contributed by atoms with E-state index < -0.39 is 5.97 Å². The third kappa shape index (κ3) is 7.27. The zero-order valence-electron chi connectivity index (χ0n) is 11.7. The molecule has 0 bridgehead atoms. The first-order valence-electron chi connectivity index (χ1n) is 6.49. The van der Waals surface area contributed by atoms with Crippen LogP contribution in [-0.2, 0) is 4.79 Å². The molecule has 0 spiro atoms. The van der Waals surface area contributed by atoms with Gasteiger partial charge in [0.1, 0.15) is 11.5 Å². The van der Waals surface area contributed by atoms with Crippen molar-refractivity contribution < 1.29 is 20.1 Å². The molecule has 0 aliphatic carbocycles. The van der Waals surface area contributed by atoms with E-state index in [1.54, 1.807) is 36.0 Å². The van der Waals surface area contributed by atoms with E-state index in [0.717, 1.165) is 16.2 Å². The Labute approximate surface area is 128 Å². The van der Waals surface area contributed by atoms with Crippen LogP contribution >= 0.6 is 11.8 Å². The van der Waals surface area contributed by atoms with Crippen molar-refractivity contribution in [2.24, 2.45) is 0 Å². The number of phenolic OH excluding ortho intramolecular Hbond substituents is 2. The lowest BCUT2D eigenvalue weighted by molar-refractivity contribution is -0.137. The molecule has 2 aromatic carbocycles. The van der Waals surface area contributed by atoms with Gasteiger partial charge in [-0.3, -0.25) is 4.79 Å². The Morgan fingerprint density at radius 1 is 0.905 bits per heavy atom. The number of carboxylic acids is 1. The van der Waals surface area contributed by atoms with Crippen LogP contribution in [0.25, 0.3) is 0 Å². The van der Waals surface area contributed by atoms with Gasteiger partial charge in [-0.05, 0) is 55.0 Å². The number of carboxylic acid groups (broad SMARTS) is 1. The maximum absolute atomic E-state index is 9.60. The summed E-state index contributed by atoms with van der Waals surface area (Å²) in [5, 5.41) is 26.1. The van der Waals surface area contributed by atoms with E-state index in [4.69, 9.17) is 15.3 Å². The molecule has 0 heterocycles. The van der Waals surface area contributed by atoms with Crippen molar-refractivity contribution in [1.29, 1.82) is 0 Å². The zero-order chi connectivity index (χ0) is 15.7. The van der Waals surface area contributed by atoms with Crippen LogP contribution in [0.15, 0.2) is 58.3 Å². The minimum atomic E-state index is -0.711. The minimum Gasteiger partial charge on any atom is -0.508 e. The van der Waals surface area contributed by atoms with Crippen LogP contribution in [0.2, 0.25) is 0 Å². The van der Waals surface area contributed by atoms with E-state index in [1.807, 2.05) is 31.2 Å². The lowest BCUT2D eigenvalue weighted by atomic mass is 10.3. The van der Waals surface area contributed by atoms with Gasteiger partial charge in [-0.15, -0.1) is 0 Å². The van der Waals surface area contributed by atoms with E-state index >= 15 is 0 Å². The second-order valence-electron chi connectivity index (χ2n) is 4.23. The molecular formula is C16H18O4S. The average molecular weight is 306 g/mol. The molecule has 0 atom stereocenters. The number of hydrogen-bond acceptors (Lipinski definition) is 4. The van der Waals surface area contributed by atoms with Gasteiger partial charge in [-0.25, -0.2) is 0 Å². The van der Waals surface area contributed by atoms with Crippen LogP contribution in [0.3, 0.4) is 0 Å². The van der Waals surface area contributed by atoms with E-state index in [0.29, 0.717) is 6.42 Å². The Balaban J connectivity index is 0.000000315. The molecule has 2 aromatic rings. The lowest BCUT2D eigenvalue weighted by Gasteiger charge is -2.01. The molecule has 0 fully saturated rings. The SMILES string of the molecule is CCCC(=O)O.Oc1ccc(Sc2ccc(O)cc2)cc1. The smallest absolute Gasteiger partial charge is 0.303 e. The molecule has 0 radical (unpaired) electrons. The normalized spacial score (nSPS) is 9.57. The predicted octanol–water partition coefficient (Wildman–Crippen LogP) is 4.12. The highest BCUT2D eigenvalue weighted by Gasteiger charge is 1.97. The summed E-state index contributed by atoms with van der Waals surface area (Å²) in [6, 6.07) is 14.0. The largest absolute Gasteiger partial charge is 0.508 e. The van der Waals surface area contributed by atoms with Crippen LogP contribution in [0.1, 0.15) is 19.8 Å². The first-order chi connectivity index (χ1) is 10.0. The number of aliphatic carboxylic acids is 1. The first kappa shape index (κ1) is 16.9. The van der Waals surface area contributed by atoms with Gasteiger partial charge in [0, 0.05) is 16.2 Å². The fourth-order valence-corrected chi connectivity index (χ4v) is 2.19. The summed E-state index contributed by atoms with van der Waals surface area (Å²) in [5.41, 5.74) is 0. The second kappa shape index (κ2) is 8.92. The maximum atomic E-state index is 9.60. The van der Waals surface area contributed by atoms with Crippen molar-refractivity contribution in [3.63, 3.8) is 0 Å². The van der Waals surface area contributed by atoms with Gasteiger partial charge in [0.25, 0.3) is 0 Å². The molecule has 0 saturated carbocycles. The third-order valence-electron chi connectivity index (χ3n) is 2.37. The highest BCUT2D eigenvalue weighted by atomic mass is 32.2. The van der Waals surface area contributed by atoms with Crippen molar-refractivity contribution in [2.75, 3.05) is 0 Å². The van der Waals surface area contributed by atoms with Crippen molar-refractivity contribution in [3.8, 4) is 11.5 Å². The average Bonchev–Trinajstić information content (AvgIpc) is 2.44. The molecule has 0 unspecified atom stereocenters. The molecule has 2 rings (SSSR count). The molecule has 0 aromatic heterocycles. The van der Waals surface area contributed by atoms with E-state index in [1.165, 1.54) is 0 Å². The van der Waals surface area contributed by atoms with Crippen LogP contribution < -0.4 is 0 Å². The Kier molecular flexibility index (Phi) is 7.18. The zero-order valence-corrected chi connectivity index (χ0v) is 12.5. The van der Waals surface area contributed by atoms with Gasteiger partial charge in [0.05, 0.1) is 0 Å². The summed E-state index contributed by atoms with van der Waals surface area (Å²) in [6.45, 7) is 1.84. The van der Waals surface area contributed by atoms with Crippen LogP contribution in [-0.4, -0.2) is 21.3 Å². The van der Waals surface area contributed by atoms with Gasteiger partial charge in [0.15, 0.2) is 0 Å². The molecule has 112 valence electrons. The minimum absolute atomic E-state index is 0.269. The van der Waals surface area contributed by atoms with Crippen LogP contribution in [0.5, 0.6) is 11.5 Å². The number of carbonyl (C=O) groups is 1. The molecule has 21 heavy (non-hydrogen) atoms. The molecule has 0 aliphatic heterocycles. The third-order valence-corrected chi connectivity index (χ3v) is 3.39. The van der Waals surface area contributed by atoms with Gasteiger partial charge in [-0.1, -0.05) is 18.7 Å². The number of benzene rings is 2. The Morgan fingerprint density at radius 3 is 1.52 bits per heavy atom. The Morgan fingerprint density at radius 2 is 1.29 bits per heavy atom. The summed E-state index contributed by atoms with van der Waals surface area (Å²) >= 11 is 1.58. The van der Waals surface area contributed by atoms with Crippen molar-refractivity contribution >= 4 is 17.7 Å². The molecule has 0 saturated heterocycles. The number of hydrogen-bond donors (Lipinski definition) is 3. The monoisotopic (exact) mass is 306 g/mol. The number of aromatic hydroxyl groups is 2. The van der Waals surface area contributed by atoms with Gasteiger partial charge < -0.3 is 15.3 Å². The predicted molar refractivity (Wildman–Crippen MR) is 82.9 cm³/mol. The summed E-state index contributed by atoms with van der Waals surface area (Å²) in [4.78, 5) is 11.7. The maximum Gasteiger partial charge on any atom is 0.303 e. The summed E-state index contributed by atoms with van der Waals surface area (Å²) in [6.07, 6.45) is 1.02. The molecule has 0 aliphatic rings. The highest BCUT2D eigenvalue weighted by molar-refractivity contribution is 7.99. The topological polar surface area (TPSA) is 77.8 Å². The number of rotatable bonds is 4. The molecule has 0 amide bonds. The fourth-order valence-electron chi connectivity index (χ4n) is 1.38. The second-order valence-corrected chi connectivity index (χ2v) is 5.38. The van der Waals surface area contributed by atoms with Gasteiger partial charge in [-0.2, -0.15) is 0 Å². The Hall–Kier alpha value is -2.14. The van der Waals surface area contributed by atoms with Gasteiger partial charge in [0.2, 0.25) is 0 Å². The Bertz CT molecular complexity index is 506. The lowest BCUT2D eigenvalue weighted by Crippen LogP contribution is -1.90. The first-order valence-corrected chi connectivity index (χ1v) is 7.30. The van der Waals surface area contributed by atoms with Crippen molar-refractivity contribution in [1.82, 2.24) is 0 Å². The van der Waals surface area contributed by atoms with Crippen LogP contribution in [0.4, 0.5) is 0 Å². The molecule has 4 nitrogen and oxygen atoms in total. The van der Waals surface area contributed by atoms with E-state index in [2.05, 4.69) is 0 Å². The molecular weight excluding hydrogens is 288 g/mol. The van der Waals surface area contributed by atoms with Crippen molar-refractivity contribution in [2.45, 2.75) is 29.6 Å². The fraction of sp³-hybridized carbons (Fsp3) is 0.188. The van der Waals surface area contributed by atoms with E-state index in [-0.39, 0.29) is 11.5 Å². The summed E-state index contributed by atoms with van der Waals surface area (Å²) in [5.74, 6) is -0.174. The summed E-state index contributed by atoms with van der Waals surface area (Å²) in [7, 11) is 0.